The van der Waals surface area contributed by atoms with Gasteiger partial charge in [-0.1, -0.05) is 19.8 Å². The first kappa shape index (κ1) is 12.7. The van der Waals surface area contributed by atoms with Gasteiger partial charge in [0.15, 0.2) is 0 Å². The van der Waals surface area contributed by atoms with Crippen LogP contribution in [0.3, 0.4) is 0 Å². The van der Waals surface area contributed by atoms with Gasteiger partial charge in [-0.15, -0.1) is 0 Å². The Morgan fingerprint density at radius 2 is 2.21 bits per heavy atom. The van der Waals surface area contributed by atoms with Gasteiger partial charge in [-0.2, -0.15) is 0 Å². The van der Waals surface area contributed by atoms with Crippen molar-refractivity contribution >= 4 is 11.6 Å². The first-order valence-electron chi connectivity index (χ1n) is 7.61. The van der Waals surface area contributed by atoms with E-state index in [0.29, 0.717) is 5.82 Å². The topological polar surface area (TPSA) is 63.8 Å². The number of rotatable bonds is 5. The lowest BCUT2D eigenvalue weighted by atomic mass is 9.89. The van der Waals surface area contributed by atoms with Crippen molar-refractivity contribution in [2.45, 2.75) is 45.4 Å². The molecule has 2 aliphatic rings. The van der Waals surface area contributed by atoms with Gasteiger partial charge >= 0.3 is 0 Å². The second-order valence-electron chi connectivity index (χ2n) is 6.15. The van der Waals surface area contributed by atoms with E-state index < -0.39 is 0 Å². The summed E-state index contributed by atoms with van der Waals surface area (Å²) in [6.07, 6.45) is 9.35. The molecular formula is C15H24N4. The number of nitrogen functional groups attached to an aromatic ring is 1. The third-order valence-electron chi connectivity index (χ3n) is 4.89. The lowest BCUT2D eigenvalue weighted by molar-refractivity contribution is 0.348. The van der Waals surface area contributed by atoms with E-state index >= 15 is 0 Å². The van der Waals surface area contributed by atoms with Crippen LogP contribution in [0.25, 0.3) is 0 Å². The molecule has 1 heterocycles. The number of hydrogen-bond donors (Lipinski definition) is 2. The average Bonchev–Trinajstić information content (AvgIpc) is 3.02. The molecule has 3 N–H and O–H groups in total. The fraction of sp³-hybridized carbons (Fsp3) is 0.733. The van der Waals surface area contributed by atoms with Crippen LogP contribution in [-0.2, 0) is 6.42 Å². The van der Waals surface area contributed by atoms with E-state index in [1.807, 2.05) is 0 Å². The summed E-state index contributed by atoms with van der Waals surface area (Å²) in [7, 11) is 0. The van der Waals surface area contributed by atoms with E-state index in [2.05, 4.69) is 22.2 Å². The Bertz CT molecular complexity index is 446. The van der Waals surface area contributed by atoms with Crippen molar-refractivity contribution in [1.82, 2.24) is 9.97 Å². The van der Waals surface area contributed by atoms with Crippen molar-refractivity contribution in [3.63, 3.8) is 0 Å². The Hall–Kier alpha value is -1.32. The normalized spacial score (nSPS) is 28.8. The number of hydrogen-bond acceptors (Lipinski definition) is 4. The van der Waals surface area contributed by atoms with Crippen LogP contribution in [0.4, 0.5) is 11.6 Å². The predicted octanol–water partition coefficient (Wildman–Crippen LogP) is 2.86. The maximum Gasteiger partial charge on any atom is 0.134 e. The molecule has 4 nitrogen and oxygen atoms in total. The molecule has 0 saturated heterocycles. The van der Waals surface area contributed by atoms with Gasteiger partial charge in [0.2, 0.25) is 0 Å². The average molecular weight is 260 g/mol. The molecule has 1 aromatic heterocycles. The van der Waals surface area contributed by atoms with E-state index in [1.54, 1.807) is 6.33 Å². The number of nitrogens with two attached hydrogens (primary N) is 1. The standard InChI is InChI=1S/C15H24N4/c1-2-3-13-14(16)18-9-19-15(13)17-8-12-7-10-4-5-11(12)6-10/h9-12H,2-8H2,1H3,(H3,16,17,18,19). The fourth-order valence-electron chi connectivity index (χ4n) is 3.93. The quantitative estimate of drug-likeness (QED) is 0.854. The number of anilines is 2. The smallest absolute Gasteiger partial charge is 0.134 e. The third kappa shape index (κ3) is 2.53. The highest BCUT2D eigenvalue weighted by atomic mass is 15.0. The Kier molecular flexibility index (Phi) is 3.58. The summed E-state index contributed by atoms with van der Waals surface area (Å²) in [6.45, 7) is 3.21. The van der Waals surface area contributed by atoms with Crippen LogP contribution in [0.15, 0.2) is 6.33 Å². The Labute approximate surface area is 115 Å². The van der Waals surface area contributed by atoms with Crippen LogP contribution >= 0.6 is 0 Å². The lowest BCUT2D eigenvalue weighted by Crippen LogP contribution is -2.21. The van der Waals surface area contributed by atoms with Crippen LogP contribution in [0.1, 0.15) is 44.6 Å². The van der Waals surface area contributed by atoms with E-state index in [1.165, 1.54) is 25.7 Å². The minimum atomic E-state index is 0.632. The maximum absolute atomic E-state index is 5.96. The molecule has 0 amide bonds. The van der Waals surface area contributed by atoms with Gasteiger partial charge in [0.05, 0.1) is 0 Å². The van der Waals surface area contributed by atoms with Gasteiger partial charge < -0.3 is 11.1 Å². The molecule has 1 aromatic rings. The zero-order chi connectivity index (χ0) is 13.2. The molecule has 19 heavy (non-hydrogen) atoms. The Morgan fingerprint density at radius 1 is 1.32 bits per heavy atom. The molecule has 3 atom stereocenters. The number of fused-ring (bicyclic) bond motifs is 2. The molecule has 0 spiro atoms. The highest BCUT2D eigenvalue weighted by molar-refractivity contribution is 5.55. The molecule has 4 heteroatoms. The van der Waals surface area contributed by atoms with Gasteiger partial charge in [0.1, 0.15) is 18.0 Å². The van der Waals surface area contributed by atoms with E-state index in [-0.39, 0.29) is 0 Å². The van der Waals surface area contributed by atoms with Crippen LogP contribution in [0.5, 0.6) is 0 Å². The summed E-state index contributed by atoms with van der Waals surface area (Å²) in [5.74, 6) is 4.38. The first-order valence-corrected chi connectivity index (χ1v) is 7.61. The molecule has 104 valence electrons. The van der Waals surface area contributed by atoms with Crippen molar-refractivity contribution in [2.24, 2.45) is 17.8 Å². The second kappa shape index (κ2) is 5.35. The minimum Gasteiger partial charge on any atom is -0.383 e. The SMILES string of the molecule is CCCc1c(N)ncnc1NCC1CC2CCC1C2. The summed E-state index contributed by atoms with van der Waals surface area (Å²) < 4.78 is 0. The van der Waals surface area contributed by atoms with Crippen molar-refractivity contribution < 1.29 is 0 Å². The number of nitrogens with zero attached hydrogens (tertiary/aromatic N) is 2. The largest absolute Gasteiger partial charge is 0.383 e. The summed E-state index contributed by atoms with van der Waals surface area (Å²) in [5.41, 5.74) is 7.05. The van der Waals surface area contributed by atoms with Crippen molar-refractivity contribution in [2.75, 3.05) is 17.6 Å². The van der Waals surface area contributed by atoms with Gasteiger partial charge in [0, 0.05) is 12.1 Å². The molecular weight excluding hydrogens is 236 g/mol. The predicted molar refractivity (Wildman–Crippen MR) is 77.9 cm³/mol. The van der Waals surface area contributed by atoms with Gasteiger partial charge in [-0.05, 0) is 43.4 Å². The van der Waals surface area contributed by atoms with Crippen LogP contribution in [0, 0.1) is 17.8 Å². The summed E-state index contributed by atoms with van der Waals surface area (Å²) in [4.78, 5) is 8.48. The minimum absolute atomic E-state index is 0.632. The zero-order valence-corrected chi connectivity index (χ0v) is 11.7. The molecule has 2 bridgehead atoms. The number of aromatic nitrogens is 2. The highest BCUT2D eigenvalue weighted by Gasteiger charge is 2.39. The zero-order valence-electron chi connectivity index (χ0n) is 11.7. The van der Waals surface area contributed by atoms with Crippen molar-refractivity contribution in [3.8, 4) is 0 Å². The molecule has 0 aromatic carbocycles. The summed E-state index contributed by atoms with van der Waals surface area (Å²) in [6, 6.07) is 0. The van der Waals surface area contributed by atoms with Crippen LogP contribution < -0.4 is 11.1 Å². The van der Waals surface area contributed by atoms with Crippen LogP contribution in [-0.4, -0.2) is 16.5 Å². The van der Waals surface area contributed by atoms with E-state index in [9.17, 15) is 0 Å². The monoisotopic (exact) mass is 260 g/mol. The van der Waals surface area contributed by atoms with Crippen molar-refractivity contribution in [3.05, 3.63) is 11.9 Å². The highest BCUT2D eigenvalue weighted by Crippen LogP contribution is 2.48. The Morgan fingerprint density at radius 3 is 2.89 bits per heavy atom. The van der Waals surface area contributed by atoms with Gasteiger partial charge in [-0.25, -0.2) is 9.97 Å². The maximum atomic E-state index is 5.96. The molecule has 0 aliphatic heterocycles. The Balaban J connectivity index is 1.65. The van der Waals surface area contributed by atoms with Crippen molar-refractivity contribution in [1.29, 1.82) is 0 Å². The van der Waals surface area contributed by atoms with Gasteiger partial charge in [-0.3, -0.25) is 0 Å². The van der Waals surface area contributed by atoms with E-state index in [0.717, 1.165) is 48.5 Å². The molecule has 3 rings (SSSR count). The first-order chi connectivity index (χ1) is 9.28. The molecule has 2 saturated carbocycles. The number of nitrogens with one attached hydrogen (secondary N) is 1. The molecule has 3 unspecified atom stereocenters. The van der Waals surface area contributed by atoms with Gasteiger partial charge in [0.25, 0.3) is 0 Å². The third-order valence-corrected chi connectivity index (χ3v) is 4.89. The molecule has 2 aliphatic carbocycles. The molecule has 2 fully saturated rings. The van der Waals surface area contributed by atoms with E-state index in [4.69, 9.17) is 5.73 Å². The fourth-order valence-corrected chi connectivity index (χ4v) is 3.93. The summed E-state index contributed by atoms with van der Waals surface area (Å²) in [5, 5.41) is 3.53. The second-order valence-corrected chi connectivity index (χ2v) is 6.15. The molecule has 0 radical (unpaired) electrons. The van der Waals surface area contributed by atoms with Crippen LogP contribution in [0.2, 0.25) is 0 Å². The lowest BCUT2D eigenvalue weighted by Gasteiger charge is -2.22. The summed E-state index contributed by atoms with van der Waals surface area (Å²) >= 11 is 0.